The molecule has 3 aromatic rings. The molecule has 0 fully saturated rings. The Kier molecular flexibility index (Phi) is 6.26. The van der Waals surface area contributed by atoms with Crippen LogP contribution in [0.3, 0.4) is 0 Å². The first-order valence-electron chi connectivity index (χ1n) is 9.51. The SMILES string of the molecule is COC(=O)c1sc(CO[Si](c2ccccc2)(c2ccccc2)C(C)(C)C)cc1N. The first-order valence-corrected chi connectivity index (χ1v) is 12.2. The highest BCUT2D eigenvalue weighted by Gasteiger charge is 2.50. The van der Waals surface area contributed by atoms with Crippen LogP contribution in [0.4, 0.5) is 5.69 Å². The standard InChI is InChI=1S/C23H27NO3SSi/c1-23(2,3)29(18-11-7-5-8-12-18,19-13-9-6-10-14-19)27-16-17-15-20(24)21(28-17)22(25)26-4/h5-15H,16,24H2,1-4H3. The molecule has 1 aromatic heterocycles. The van der Waals surface area contributed by atoms with Gasteiger partial charge in [-0.2, -0.15) is 0 Å². The Morgan fingerprint density at radius 2 is 1.52 bits per heavy atom. The molecule has 0 aliphatic rings. The van der Waals surface area contributed by atoms with Gasteiger partial charge in [-0.25, -0.2) is 4.79 Å². The van der Waals surface area contributed by atoms with Crippen LogP contribution in [-0.2, 0) is 15.8 Å². The molecule has 0 bridgehead atoms. The zero-order valence-electron chi connectivity index (χ0n) is 17.3. The maximum absolute atomic E-state index is 11.9. The van der Waals surface area contributed by atoms with Crippen molar-refractivity contribution in [2.24, 2.45) is 0 Å². The molecule has 0 aliphatic carbocycles. The molecule has 4 nitrogen and oxygen atoms in total. The van der Waals surface area contributed by atoms with Gasteiger partial charge in [0.05, 0.1) is 19.4 Å². The van der Waals surface area contributed by atoms with E-state index >= 15 is 0 Å². The average molecular weight is 426 g/mol. The third-order valence-electron chi connectivity index (χ3n) is 5.03. The molecule has 0 saturated heterocycles. The summed E-state index contributed by atoms with van der Waals surface area (Å²) in [5, 5.41) is 2.33. The summed E-state index contributed by atoms with van der Waals surface area (Å²) in [5.41, 5.74) is 6.46. The predicted molar refractivity (Wildman–Crippen MR) is 122 cm³/mol. The van der Waals surface area contributed by atoms with E-state index in [2.05, 4.69) is 69.3 Å². The zero-order valence-corrected chi connectivity index (χ0v) is 19.1. The lowest BCUT2D eigenvalue weighted by Gasteiger charge is -2.43. The van der Waals surface area contributed by atoms with Crippen LogP contribution in [0.15, 0.2) is 66.7 Å². The van der Waals surface area contributed by atoms with E-state index in [-0.39, 0.29) is 5.04 Å². The molecule has 0 unspecified atom stereocenters. The van der Waals surface area contributed by atoms with E-state index in [1.54, 1.807) is 0 Å². The minimum absolute atomic E-state index is 0.107. The van der Waals surface area contributed by atoms with E-state index in [0.29, 0.717) is 17.2 Å². The molecule has 0 amide bonds. The Morgan fingerprint density at radius 1 is 1.00 bits per heavy atom. The van der Waals surface area contributed by atoms with Gasteiger partial charge in [0.2, 0.25) is 0 Å². The number of ether oxygens (including phenoxy) is 1. The highest BCUT2D eigenvalue weighted by Crippen LogP contribution is 2.38. The van der Waals surface area contributed by atoms with Crippen molar-refractivity contribution in [2.45, 2.75) is 32.4 Å². The number of nitrogens with two attached hydrogens (primary N) is 1. The summed E-state index contributed by atoms with van der Waals surface area (Å²) in [6, 6.07) is 22.8. The smallest absolute Gasteiger partial charge is 0.350 e. The first-order chi connectivity index (χ1) is 13.8. The second-order valence-electron chi connectivity index (χ2n) is 7.94. The molecule has 152 valence electrons. The highest BCUT2D eigenvalue weighted by atomic mass is 32.1. The fraction of sp³-hybridized carbons (Fsp3) is 0.261. The van der Waals surface area contributed by atoms with Gasteiger partial charge in [0.15, 0.2) is 0 Å². The van der Waals surface area contributed by atoms with Crippen LogP contribution in [0.2, 0.25) is 5.04 Å². The van der Waals surface area contributed by atoms with Gasteiger partial charge in [-0.1, -0.05) is 81.4 Å². The largest absolute Gasteiger partial charge is 0.465 e. The lowest BCUT2D eigenvalue weighted by molar-refractivity contribution is 0.0607. The summed E-state index contributed by atoms with van der Waals surface area (Å²) in [6.07, 6.45) is 0. The Balaban J connectivity index is 2.06. The van der Waals surface area contributed by atoms with E-state index in [0.717, 1.165) is 4.88 Å². The fourth-order valence-corrected chi connectivity index (χ4v) is 9.26. The van der Waals surface area contributed by atoms with Crippen molar-refractivity contribution in [3.63, 3.8) is 0 Å². The van der Waals surface area contributed by atoms with Crippen molar-refractivity contribution in [3.05, 3.63) is 76.5 Å². The van der Waals surface area contributed by atoms with Gasteiger partial charge in [-0.05, 0) is 21.5 Å². The maximum Gasteiger partial charge on any atom is 0.350 e. The van der Waals surface area contributed by atoms with Gasteiger partial charge in [0.25, 0.3) is 8.32 Å². The zero-order chi connectivity index (χ0) is 21.1. The van der Waals surface area contributed by atoms with Crippen LogP contribution >= 0.6 is 11.3 Å². The summed E-state index contributed by atoms with van der Waals surface area (Å²) in [7, 11) is -1.26. The van der Waals surface area contributed by atoms with Crippen molar-refractivity contribution in [1.29, 1.82) is 0 Å². The monoisotopic (exact) mass is 425 g/mol. The number of carbonyl (C=O) groups is 1. The minimum atomic E-state index is -2.63. The van der Waals surface area contributed by atoms with Crippen molar-refractivity contribution >= 4 is 41.7 Å². The molecule has 0 radical (unpaired) electrons. The molecule has 1 heterocycles. The molecule has 0 aliphatic heterocycles. The minimum Gasteiger partial charge on any atom is -0.465 e. The van der Waals surface area contributed by atoms with Crippen LogP contribution in [0, 0.1) is 0 Å². The summed E-state index contributed by atoms with van der Waals surface area (Å²) in [5.74, 6) is -0.413. The van der Waals surface area contributed by atoms with Crippen molar-refractivity contribution in [3.8, 4) is 0 Å². The molecule has 2 aromatic carbocycles. The molecule has 0 saturated carbocycles. The van der Waals surface area contributed by atoms with E-state index in [9.17, 15) is 4.79 Å². The third kappa shape index (κ3) is 4.15. The van der Waals surface area contributed by atoms with Crippen LogP contribution < -0.4 is 16.1 Å². The number of hydrogen-bond acceptors (Lipinski definition) is 5. The van der Waals surface area contributed by atoms with Crippen molar-refractivity contribution in [2.75, 3.05) is 12.8 Å². The Labute approximate surface area is 177 Å². The Morgan fingerprint density at radius 3 is 1.97 bits per heavy atom. The molecular weight excluding hydrogens is 398 g/mol. The van der Waals surface area contributed by atoms with Crippen LogP contribution in [0.5, 0.6) is 0 Å². The Hall–Kier alpha value is -2.41. The number of rotatable bonds is 6. The number of esters is 1. The van der Waals surface area contributed by atoms with Gasteiger partial charge < -0.3 is 14.9 Å². The van der Waals surface area contributed by atoms with E-state index in [4.69, 9.17) is 14.9 Å². The van der Waals surface area contributed by atoms with Crippen LogP contribution in [0.1, 0.15) is 35.3 Å². The number of anilines is 1. The first kappa shape index (κ1) is 21.3. The van der Waals surface area contributed by atoms with Crippen molar-refractivity contribution < 1.29 is 14.0 Å². The number of hydrogen-bond donors (Lipinski definition) is 1. The van der Waals surface area contributed by atoms with Gasteiger partial charge in [0.1, 0.15) is 4.88 Å². The Bertz CT molecular complexity index is 925. The maximum atomic E-state index is 11.9. The molecular formula is C23H27NO3SSi. The van der Waals surface area contributed by atoms with Gasteiger partial charge >= 0.3 is 5.97 Å². The molecule has 3 rings (SSSR count). The highest BCUT2D eigenvalue weighted by molar-refractivity contribution is 7.14. The van der Waals surface area contributed by atoms with E-state index < -0.39 is 14.3 Å². The lowest BCUT2D eigenvalue weighted by Crippen LogP contribution is -2.66. The number of thiophene rings is 1. The number of carbonyl (C=O) groups excluding carboxylic acids is 1. The molecule has 6 heteroatoms. The van der Waals surface area contributed by atoms with Gasteiger partial charge in [-0.15, -0.1) is 11.3 Å². The van der Waals surface area contributed by atoms with Gasteiger partial charge in [-0.3, -0.25) is 0 Å². The third-order valence-corrected chi connectivity index (χ3v) is 11.1. The summed E-state index contributed by atoms with van der Waals surface area (Å²) >= 11 is 1.33. The van der Waals surface area contributed by atoms with Gasteiger partial charge in [0, 0.05) is 4.88 Å². The molecule has 0 spiro atoms. The summed E-state index contributed by atoms with van der Waals surface area (Å²) in [4.78, 5) is 13.3. The number of nitrogen functional groups attached to an aromatic ring is 1. The summed E-state index contributed by atoms with van der Waals surface area (Å²) < 4.78 is 11.7. The van der Waals surface area contributed by atoms with Crippen LogP contribution in [0.25, 0.3) is 0 Å². The molecule has 0 atom stereocenters. The predicted octanol–water partition coefficient (Wildman–Crippen LogP) is 4.19. The van der Waals surface area contributed by atoms with Crippen molar-refractivity contribution in [1.82, 2.24) is 0 Å². The van der Waals surface area contributed by atoms with E-state index in [1.165, 1.54) is 28.8 Å². The lowest BCUT2D eigenvalue weighted by atomic mass is 10.2. The van der Waals surface area contributed by atoms with Crippen LogP contribution in [-0.4, -0.2) is 21.4 Å². The van der Waals surface area contributed by atoms with E-state index in [1.807, 2.05) is 18.2 Å². The topological polar surface area (TPSA) is 61.5 Å². The second-order valence-corrected chi connectivity index (χ2v) is 13.4. The fourth-order valence-electron chi connectivity index (χ4n) is 3.72. The number of benzene rings is 2. The number of methoxy groups -OCH3 is 1. The second kappa shape index (κ2) is 8.53. The molecule has 2 N–H and O–H groups in total. The molecule has 29 heavy (non-hydrogen) atoms. The average Bonchev–Trinajstić information content (AvgIpc) is 3.09. The quantitative estimate of drug-likeness (QED) is 0.475. The normalized spacial score (nSPS) is 12.0. The summed E-state index contributed by atoms with van der Waals surface area (Å²) in [6.45, 7) is 7.10.